The average molecular weight is 282 g/mol. The van der Waals surface area contributed by atoms with Crippen LogP contribution in [0.4, 0.5) is 0 Å². The molecule has 2 rings (SSSR count). The van der Waals surface area contributed by atoms with E-state index in [-0.39, 0.29) is 6.10 Å². The number of rotatable bonds is 2. The van der Waals surface area contributed by atoms with E-state index < -0.39 is 6.10 Å². The lowest BCUT2D eigenvalue weighted by atomic mass is 10.2. The lowest BCUT2D eigenvalue weighted by molar-refractivity contribution is 0.0605. The fourth-order valence-electron chi connectivity index (χ4n) is 1.80. The summed E-state index contributed by atoms with van der Waals surface area (Å²) >= 11 is 17.7. The highest BCUT2D eigenvalue weighted by Crippen LogP contribution is 2.36. The smallest absolute Gasteiger partial charge is 0.140 e. The fourth-order valence-corrected chi connectivity index (χ4v) is 2.38. The number of hydrogen-bond donors (Lipinski definition) is 1. The highest BCUT2D eigenvalue weighted by atomic mass is 35.5. The van der Waals surface area contributed by atoms with Gasteiger partial charge in [0.2, 0.25) is 0 Å². The molecule has 2 nitrogen and oxygen atoms in total. The first-order chi connectivity index (χ1) is 7.58. The third-order valence-corrected chi connectivity index (χ3v) is 3.69. The van der Waals surface area contributed by atoms with Crippen LogP contribution in [0.15, 0.2) is 12.1 Å². The van der Waals surface area contributed by atoms with E-state index in [0.717, 1.165) is 19.3 Å². The molecule has 1 aliphatic rings. The summed E-state index contributed by atoms with van der Waals surface area (Å²) in [5.41, 5.74) is 0. The minimum Gasteiger partial charge on any atom is -0.486 e. The van der Waals surface area contributed by atoms with E-state index in [1.165, 1.54) is 0 Å². The van der Waals surface area contributed by atoms with E-state index in [4.69, 9.17) is 39.5 Å². The molecule has 16 heavy (non-hydrogen) atoms. The zero-order valence-corrected chi connectivity index (χ0v) is 10.7. The summed E-state index contributed by atoms with van der Waals surface area (Å²) in [4.78, 5) is 0. The number of aliphatic hydroxyl groups is 1. The van der Waals surface area contributed by atoms with Crippen LogP contribution in [0.5, 0.6) is 5.75 Å². The summed E-state index contributed by atoms with van der Waals surface area (Å²) in [5, 5.41) is 10.8. The van der Waals surface area contributed by atoms with Crippen LogP contribution in [0.2, 0.25) is 15.1 Å². The molecule has 0 spiro atoms. The van der Waals surface area contributed by atoms with Crippen LogP contribution in [0.1, 0.15) is 19.3 Å². The molecule has 1 saturated carbocycles. The summed E-state index contributed by atoms with van der Waals surface area (Å²) in [6.07, 6.45) is 1.94. The number of benzene rings is 1. The van der Waals surface area contributed by atoms with Gasteiger partial charge in [0.15, 0.2) is 0 Å². The molecule has 0 radical (unpaired) electrons. The van der Waals surface area contributed by atoms with Gasteiger partial charge in [0.05, 0.1) is 21.2 Å². The van der Waals surface area contributed by atoms with E-state index in [9.17, 15) is 5.11 Å². The van der Waals surface area contributed by atoms with E-state index in [1.54, 1.807) is 12.1 Å². The second-order valence-corrected chi connectivity index (χ2v) is 5.07. The van der Waals surface area contributed by atoms with Gasteiger partial charge in [-0.15, -0.1) is 0 Å². The molecule has 0 aromatic heterocycles. The van der Waals surface area contributed by atoms with Gasteiger partial charge in [-0.3, -0.25) is 0 Å². The number of ether oxygens (including phenoxy) is 1. The molecule has 0 amide bonds. The van der Waals surface area contributed by atoms with Crippen molar-refractivity contribution in [2.24, 2.45) is 0 Å². The van der Waals surface area contributed by atoms with E-state index in [1.807, 2.05) is 0 Å². The SMILES string of the molecule is O[C@H]1CCC[C@@H]1Oc1cc(Cl)c(Cl)cc1Cl. The first-order valence-corrected chi connectivity index (χ1v) is 6.20. The predicted octanol–water partition coefficient (Wildman–Crippen LogP) is 3.94. The summed E-state index contributed by atoms with van der Waals surface area (Å²) in [6, 6.07) is 3.12. The zero-order valence-electron chi connectivity index (χ0n) is 8.42. The second-order valence-electron chi connectivity index (χ2n) is 3.85. The van der Waals surface area contributed by atoms with Gasteiger partial charge in [-0.05, 0) is 25.3 Å². The molecule has 5 heteroatoms. The maximum atomic E-state index is 9.64. The first-order valence-electron chi connectivity index (χ1n) is 5.07. The van der Waals surface area contributed by atoms with Crippen molar-refractivity contribution < 1.29 is 9.84 Å². The molecule has 0 heterocycles. The number of halogens is 3. The van der Waals surface area contributed by atoms with Gasteiger partial charge in [0.25, 0.3) is 0 Å². The monoisotopic (exact) mass is 280 g/mol. The lowest BCUT2D eigenvalue weighted by Gasteiger charge is -2.18. The van der Waals surface area contributed by atoms with Crippen molar-refractivity contribution in [1.29, 1.82) is 0 Å². The van der Waals surface area contributed by atoms with E-state index in [0.29, 0.717) is 20.8 Å². The third-order valence-electron chi connectivity index (χ3n) is 2.67. The number of aliphatic hydroxyl groups excluding tert-OH is 1. The minimum absolute atomic E-state index is 0.199. The Morgan fingerprint density at radius 2 is 1.75 bits per heavy atom. The van der Waals surface area contributed by atoms with Gasteiger partial charge in [0, 0.05) is 6.07 Å². The fraction of sp³-hybridized carbons (Fsp3) is 0.455. The van der Waals surface area contributed by atoms with E-state index in [2.05, 4.69) is 0 Å². The molecule has 1 aliphatic carbocycles. The van der Waals surface area contributed by atoms with Crippen molar-refractivity contribution in [2.45, 2.75) is 31.5 Å². The van der Waals surface area contributed by atoms with Crippen molar-refractivity contribution >= 4 is 34.8 Å². The van der Waals surface area contributed by atoms with Gasteiger partial charge in [-0.2, -0.15) is 0 Å². The molecule has 0 bridgehead atoms. The molecule has 2 atom stereocenters. The van der Waals surface area contributed by atoms with Crippen LogP contribution in [-0.4, -0.2) is 17.3 Å². The van der Waals surface area contributed by atoms with Crippen LogP contribution in [0.3, 0.4) is 0 Å². The van der Waals surface area contributed by atoms with Crippen molar-refractivity contribution in [3.05, 3.63) is 27.2 Å². The molecule has 1 N–H and O–H groups in total. The zero-order chi connectivity index (χ0) is 11.7. The van der Waals surface area contributed by atoms with Gasteiger partial charge >= 0.3 is 0 Å². The van der Waals surface area contributed by atoms with Gasteiger partial charge in [0.1, 0.15) is 11.9 Å². The van der Waals surface area contributed by atoms with Crippen molar-refractivity contribution in [3.63, 3.8) is 0 Å². The van der Waals surface area contributed by atoms with Gasteiger partial charge in [-0.1, -0.05) is 34.8 Å². The second kappa shape index (κ2) is 5.01. The average Bonchev–Trinajstić information content (AvgIpc) is 2.61. The molecule has 88 valence electrons. The standard InChI is InChI=1S/C11H11Cl3O2/c12-6-4-8(14)11(5-7(6)13)16-10-3-1-2-9(10)15/h4-5,9-10,15H,1-3H2/t9-,10-/m0/s1. The Balaban J connectivity index is 2.18. The Morgan fingerprint density at radius 3 is 2.38 bits per heavy atom. The molecule has 0 unspecified atom stereocenters. The van der Waals surface area contributed by atoms with Crippen molar-refractivity contribution in [2.75, 3.05) is 0 Å². The van der Waals surface area contributed by atoms with E-state index >= 15 is 0 Å². The Bertz CT molecular complexity index is 395. The van der Waals surface area contributed by atoms with Crippen LogP contribution in [0.25, 0.3) is 0 Å². The molecule has 0 aliphatic heterocycles. The van der Waals surface area contributed by atoms with Crippen molar-refractivity contribution in [3.8, 4) is 5.75 Å². The molecule has 1 aromatic rings. The van der Waals surface area contributed by atoms with Crippen LogP contribution >= 0.6 is 34.8 Å². The maximum absolute atomic E-state index is 9.64. The lowest BCUT2D eigenvalue weighted by Crippen LogP contribution is -2.25. The van der Waals surface area contributed by atoms with Crippen molar-refractivity contribution in [1.82, 2.24) is 0 Å². The highest BCUT2D eigenvalue weighted by molar-refractivity contribution is 6.43. The number of hydrogen-bond acceptors (Lipinski definition) is 2. The molecule has 1 aromatic carbocycles. The summed E-state index contributed by atoms with van der Waals surface area (Å²) in [7, 11) is 0. The van der Waals surface area contributed by atoms with Crippen LogP contribution in [-0.2, 0) is 0 Å². The summed E-state index contributed by atoms with van der Waals surface area (Å²) in [6.45, 7) is 0. The Labute approximate surface area is 109 Å². The third kappa shape index (κ3) is 2.57. The quantitative estimate of drug-likeness (QED) is 0.832. The largest absolute Gasteiger partial charge is 0.486 e. The molecular formula is C11H11Cl3O2. The molecule has 0 saturated heterocycles. The van der Waals surface area contributed by atoms with Gasteiger partial charge in [-0.25, -0.2) is 0 Å². The first kappa shape index (κ1) is 12.3. The Kier molecular flexibility index (Phi) is 3.85. The Morgan fingerprint density at radius 1 is 1.06 bits per heavy atom. The van der Waals surface area contributed by atoms with Gasteiger partial charge < -0.3 is 9.84 Å². The Hall–Kier alpha value is -0.150. The minimum atomic E-state index is -0.425. The summed E-state index contributed by atoms with van der Waals surface area (Å²) in [5.74, 6) is 0.474. The molecular weight excluding hydrogens is 270 g/mol. The van der Waals surface area contributed by atoms with Crippen LogP contribution in [0, 0.1) is 0 Å². The normalized spacial score (nSPS) is 24.8. The van der Waals surface area contributed by atoms with Crippen LogP contribution < -0.4 is 4.74 Å². The maximum Gasteiger partial charge on any atom is 0.140 e. The topological polar surface area (TPSA) is 29.5 Å². The highest BCUT2D eigenvalue weighted by Gasteiger charge is 2.27. The summed E-state index contributed by atoms with van der Waals surface area (Å²) < 4.78 is 5.63. The molecule has 1 fully saturated rings. The predicted molar refractivity (Wildman–Crippen MR) is 65.7 cm³/mol.